The predicted octanol–water partition coefficient (Wildman–Crippen LogP) is 1.10. The van der Waals surface area contributed by atoms with Crippen LogP contribution in [0.15, 0.2) is 18.3 Å². The number of hydrogen-bond acceptors (Lipinski definition) is 3. The second-order valence-corrected chi connectivity index (χ2v) is 4.66. The summed E-state index contributed by atoms with van der Waals surface area (Å²) in [5.74, 6) is -0.255. The van der Waals surface area contributed by atoms with Crippen molar-refractivity contribution in [2.75, 3.05) is 13.2 Å². The van der Waals surface area contributed by atoms with E-state index in [9.17, 15) is 4.79 Å². The highest BCUT2D eigenvalue weighted by Crippen LogP contribution is 2.20. The van der Waals surface area contributed by atoms with E-state index in [0.29, 0.717) is 5.69 Å². The highest BCUT2D eigenvalue weighted by atomic mass is 16.3. The summed E-state index contributed by atoms with van der Waals surface area (Å²) in [4.78, 5) is 15.6. The average Bonchev–Trinajstić information content (AvgIpc) is 2.25. The van der Waals surface area contributed by atoms with Gasteiger partial charge in [-0.1, -0.05) is 26.8 Å². The molecule has 1 aromatic heterocycles. The summed E-state index contributed by atoms with van der Waals surface area (Å²) in [7, 11) is 0. The number of carbonyl (C=O) groups is 1. The molecule has 0 saturated heterocycles. The first-order valence-electron chi connectivity index (χ1n) is 5.31. The van der Waals surface area contributed by atoms with Gasteiger partial charge >= 0.3 is 0 Å². The zero-order valence-corrected chi connectivity index (χ0v) is 9.95. The van der Waals surface area contributed by atoms with E-state index < -0.39 is 0 Å². The molecule has 0 unspecified atom stereocenters. The molecule has 0 spiro atoms. The molecular weight excluding hydrogens is 204 g/mol. The van der Waals surface area contributed by atoms with Gasteiger partial charge in [-0.05, 0) is 17.0 Å². The second kappa shape index (κ2) is 5.07. The van der Waals surface area contributed by atoms with E-state index in [0.717, 1.165) is 5.56 Å². The Hall–Kier alpha value is -1.42. The molecule has 0 radical (unpaired) electrons. The summed E-state index contributed by atoms with van der Waals surface area (Å²) < 4.78 is 0. The van der Waals surface area contributed by atoms with Gasteiger partial charge in [-0.15, -0.1) is 0 Å². The largest absolute Gasteiger partial charge is 0.395 e. The predicted molar refractivity (Wildman–Crippen MR) is 62.4 cm³/mol. The van der Waals surface area contributed by atoms with Crippen molar-refractivity contribution in [3.8, 4) is 0 Å². The van der Waals surface area contributed by atoms with Crippen molar-refractivity contribution < 1.29 is 9.90 Å². The molecule has 0 aliphatic carbocycles. The van der Waals surface area contributed by atoms with E-state index in [2.05, 4.69) is 31.1 Å². The molecule has 0 bridgehead atoms. The highest BCUT2D eigenvalue weighted by molar-refractivity contribution is 5.92. The highest BCUT2D eigenvalue weighted by Gasteiger charge is 2.14. The summed E-state index contributed by atoms with van der Waals surface area (Å²) in [5.41, 5.74) is 1.50. The van der Waals surface area contributed by atoms with E-state index in [-0.39, 0.29) is 24.5 Å². The standard InChI is InChI=1S/C12H18N2O2/c1-12(2,3)9-4-5-10(14-8-9)11(16)13-6-7-15/h4-5,8,15H,6-7H2,1-3H3,(H,13,16). The first-order valence-corrected chi connectivity index (χ1v) is 5.31. The van der Waals surface area contributed by atoms with E-state index in [1.54, 1.807) is 12.3 Å². The molecule has 0 aliphatic rings. The Morgan fingerprint density at radius 3 is 2.56 bits per heavy atom. The smallest absolute Gasteiger partial charge is 0.269 e. The Morgan fingerprint density at radius 2 is 2.12 bits per heavy atom. The summed E-state index contributed by atoms with van der Waals surface area (Å²) in [6.07, 6.45) is 1.72. The summed E-state index contributed by atoms with van der Waals surface area (Å²) >= 11 is 0. The van der Waals surface area contributed by atoms with Crippen molar-refractivity contribution in [3.05, 3.63) is 29.6 Å². The quantitative estimate of drug-likeness (QED) is 0.805. The SMILES string of the molecule is CC(C)(C)c1ccc(C(=O)NCCO)nc1. The topological polar surface area (TPSA) is 62.2 Å². The molecule has 16 heavy (non-hydrogen) atoms. The molecule has 0 aromatic carbocycles. The molecular formula is C12H18N2O2. The van der Waals surface area contributed by atoms with Crippen molar-refractivity contribution in [2.45, 2.75) is 26.2 Å². The Bertz CT molecular complexity index is 352. The minimum absolute atomic E-state index is 0.0348. The fourth-order valence-corrected chi connectivity index (χ4v) is 1.23. The molecule has 1 aromatic rings. The Morgan fingerprint density at radius 1 is 1.44 bits per heavy atom. The van der Waals surface area contributed by atoms with Crippen LogP contribution in [0.1, 0.15) is 36.8 Å². The maximum Gasteiger partial charge on any atom is 0.269 e. The van der Waals surface area contributed by atoms with Crippen molar-refractivity contribution in [3.63, 3.8) is 0 Å². The maximum absolute atomic E-state index is 11.5. The molecule has 0 saturated carbocycles. The minimum Gasteiger partial charge on any atom is -0.395 e. The van der Waals surface area contributed by atoms with Crippen LogP contribution >= 0.6 is 0 Å². The van der Waals surface area contributed by atoms with Crippen LogP contribution in [0, 0.1) is 0 Å². The maximum atomic E-state index is 11.5. The van der Waals surface area contributed by atoms with Gasteiger partial charge in [0.15, 0.2) is 0 Å². The number of carbonyl (C=O) groups excluding carboxylic acids is 1. The third kappa shape index (κ3) is 3.31. The van der Waals surface area contributed by atoms with Crippen molar-refractivity contribution in [1.29, 1.82) is 0 Å². The molecule has 2 N–H and O–H groups in total. The number of hydrogen-bond donors (Lipinski definition) is 2. The monoisotopic (exact) mass is 222 g/mol. The minimum atomic E-state index is -0.255. The van der Waals surface area contributed by atoms with Crippen LogP contribution in [0.2, 0.25) is 0 Å². The van der Waals surface area contributed by atoms with Gasteiger partial charge < -0.3 is 10.4 Å². The molecule has 1 heterocycles. The first-order chi connectivity index (χ1) is 7.45. The van der Waals surface area contributed by atoms with Crippen molar-refractivity contribution >= 4 is 5.91 Å². The van der Waals surface area contributed by atoms with E-state index in [1.165, 1.54) is 0 Å². The number of amides is 1. The third-order valence-electron chi connectivity index (χ3n) is 2.26. The number of nitrogens with one attached hydrogen (secondary N) is 1. The summed E-state index contributed by atoms with van der Waals surface area (Å²) in [6, 6.07) is 3.61. The van der Waals surface area contributed by atoms with Crippen LogP contribution < -0.4 is 5.32 Å². The summed E-state index contributed by atoms with van der Waals surface area (Å²) in [5, 5.41) is 11.1. The van der Waals surface area contributed by atoms with Crippen LogP contribution in [0.5, 0.6) is 0 Å². The lowest BCUT2D eigenvalue weighted by atomic mass is 9.88. The van der Waals surface area contributed by atoms with Gasteiger partial charge in [0.2, 0.25) is 0 Å². The number of pyridine rings is 1. The lowest BCUT2D eigenvalue weighted by molar-refractivity contribution is 0.0939. The summed E-state index contributed by atoms with van der Waals surface area (Å²) in [6.45, 7) is 6.47. The molecule has 4 heteroatoms. The zero-order valence-electron chi connectivity index (χ0n) is 9.95. The third-order valence-corrected chi connectivity index (χ3v) is 2.26. The molecule has 4 nitrogen and oxygen atoms in total. The normalized spacial score (nSPS) is 11.2. The van der Waals surface area contributed by atoms with Crippen LogP contribution in [0.25, 0.3) is 0 Å². The van der Waals surface area contributed by atoms with Gasteiger partial charge in [0.1, 0.15) is 5.69 Å². The fourth-order valence-electron chi connectivity index (χ4n) is 1.23. The van der Waals surface area contributed by atoms with E-state index >= 15 is 0 Å². The van der Waals surface area contributed by atoms with E-state index in [4.69, 9.17) is 5.11 Å². The molecule has 0 fully saturated rings. The fraction of sp³-hybridized carbons (Fsp3) is 0.500. The van der Waals surface area contributed by atoms with Crippen LogP contribution in [-0.4, -0.2) is 29.1 Å². The van der Waals surface area contributed by atoms with Gasteiger partial charge in [-0.25, -0.2) is 0 Å². The number of rotatable bonds is 3. The lowest BCUT2D eigenvalue weighted by Crippen LogP contribution is -2.27. The van der Waals surface area contributed by atoms with Gasteiger partial charge in [0, 0.05) is 12.7 Å². The number of nitrogens with zero attached hydrogens (tertiary/aromatic N) is 1. The molecule has 0 aliphatic heterocycles. The molecule has 1 amide bonds. The van der Waals surface area contributed by atoms with Gasteiger partial charge in [-0.2, -0.15) is 0 Å². The number of aliphatic hydroxyl groups is 1. The van der Waals surface area contributed by atoms with Crippen molar-refractivity contribution in [2.24, 2.45) is 0 Å². The Labute approximate surface area is 95.7 Å². The molecule has 1 rings (SSSR count). The average molecular weight is 222 g/mol. The Kier molecular flexibility index (Phi) is 4.01. The number of aromatic nitrogens is 1. The number of aliphatic hydroxyl groups excluding tert-OH is 1. The van der Waals surface area contributed by atoms with Gasteiger partial charge in [-0.3, -0.25) is 9.78 Å². The zero-order chi connectivity index (χ0) is 12.2. The van der Waals surface area contributed by atoms with Crippen LogP contribution in [-0.2, 0) is 5.41 Å². The van der Waals surface area contributed by atoms with Crippen molar-refractivity contribution in [1.82, 2.24) is 10.3 Å². The molecule has 0 atom stereocenters. The second-order valence-electron chi connectivity index (χ2n) is 4.66. The lowest BCUT2D eigenvalue weighted by Gasteiger charge is -2.18. The Balaban J connectivity index is 2.75. The van der Waals surface area contributed by atoms with Crippen LogP contribution in [0.4, 0.5) is 0 Å². The van der Waals surface area contributed by atoms with Gasteiger partial charge in [0.05, 0.1) is 6.61 Å². The van der Waals surface area contributed by atoms with Gasteiger partial charge in [0.25, 0.3) is 5.91 Å². The molecule has 88 valence electrons. The van der Waals surface area contributed by atoms with E-state index in [1.807, 2.05) is 6.07 Å². The first kappa shape index (κ1) is 12.6. The van der Waals surface area contributed by atoms with Crippen LogP contribution in [0.3, 0.4) is 0 Å².